The molecule has 0 radical (unpaired) electrons. The topological polar surface area (TPSA) is 66.5 Å². The van der Waals surface area contributed by atoms with Crippen LogP contribution in [0.3, 0.4) is 0 Å². The first-order valence-electron chi connectivity index (χ1n) is 7.88. The van der Waals surface area contributed by atoms with Gasteiger partial charge in [-0.3, -0.25) is 9.52 Å². The van der Waals surface area contributed by atoms with Gasteiger partial charge in [0.25, 0.3) is 10.0 Å². The molecular weight excluding hydrogens is 324 g/mol. The molecule has 1 heterocycles. The minimum absolute atomic E-state index is 0.0827. The van der Waals surface area contributed by atoms with Gasteiger partial charge in [0.2, 0.25) is 5.91 Å². The highest BCUT2D eigenvalue weighted by atomic mass is 32.2. The molecule has 5 nitrogen and oxygen atoms in total. The van der Waals surface area contributed by atoms with Crippen molar-refractivity contribution in [3.63, 3.8) is 0 Å². The lowest BCUT2D eigenvalue weighted by Gasteiger charge is -2.17. The van der Waals surface area contributed by atoms with Gasteiger partial charge in [-0.25, -0.2) is 8.42 Å². The molecule has 1 N–H and O–H groups in total. The van der Waals surface area contributed by atoms with Crippen molar-refractivity contribution < 1.29 is 13.2 Å². The molecule has 126 valence electrons. The van der Waals surface area contributed by atoms with Gasteiger partial charge in [0.15, 0.2) is 0 Å². The average molecular weight is 344 g/mol. The Morgan fingerprint density at radius 2 is 1.62 bits per heavy atom. The zero-order valence-corrected chi connectivity index (χ0v) is 14.6. The van der Waals surface area contributed by atoms with E-state index in [-0.39, 0.29) is 10.8 Å². The van der Waals surface area contributed by atoms with Crippen molar-refractivity contribution in [2.75, 3.05) is 16.2 Å². The van der Waals surface area contributed by atoms with Crippen LogP contribution in [-0.2, 0) is 14.8 Å². The van der Waals surface area contributed by atoms with Gasteiger partial charge in [0, 0.05) is 18.7 Å². The molecule has 0 unspecified atom stereocenters. The van der Waals surface area contributed by atoms with Crippen molar-refractivity contribution in [1.82, 2.24) is 0 Å². The highest BCUT2D eigenvalue weighted by Gasteiger charge is 2.22. The molecule has 1 amide bonds. The first-order valence-corrected chi connectivity index (χ1v) is 9.36. The van der Waals surface area contributed by atoms with Crippen molar-refractivity contribution in [2.24, 2.45) is 0 Å². The zero-order chi connectivity index (χ0) is 17.3. The summed E-state index contributed by atoms with van der Waals surface area (Å²) in [6, 6.07) is 12.1. The van der Waals surface area contributed by atoms with Crippen LogP contribution in [0.4, 0.5) is 11.4 Å². The van der Waals surface area contributed by atoms with Gasteiger partial charge in [0.05, 0.1) is 10.6 Å². The van der Waals surface area contributed by atoms with Crippen molar-refractivity contribution in [3.8, 4) is 0 Å². The van der Waals surface area contributed by atoms with E-state index in [4.69, 9.17) is 0 Å². The number of sulfonamides is 1. The largest absolute Gasteiger partial charge is 0.312 e. The maximum absolute atomic E-state index is 12.6. The van der Waals surface area contributed by atoms with Crippen LogP contribution in [0.1, 0.15) is 24.0 Å². The minimum Gasteiger partial charge on any atom is -0.312 e. The third-order valence-corrected chi connectivity index (χ3v) is 5.62. The lowest BCUT2D eigenvalue weighted by atomic mass is 10.1. The molecule has 1 aliphatic heterocycles. The molecule has 1 saturated heterocycles. The number of nitrogens with zero attached hydrogens (tertiary/aromatic N) is 1. The van der Waals surface area contributed by atoms with Crippen molar-refractivity contribution in [1.29, 1.82) is 0 Å². The summed E-state index contributed by atoms with van der Waals surface area (Å²) in [4.78, 5) is 13.6. The van der Waals surface area contributed by atoms with Crippen LogP contribution in [0.15, 0.2) is 47.4 Å². The lowest BCUT2D eigenvalue weighted by molar-refractivity contribution is -0.117. The van der Waals surface area contributed by atoms with Gasteiger partial charge in [-0.05, 0) is 55.7 Å². The Morgan fingerprint density at radius 3 is 2.17 bits per heavy atom. The smallest absolute Gasteiger partial charge is 0.261 e. The van der Waals surface area contributed by atoms with E-state index in [2.05, 4.69) is 4.72 Å². The number of rotatable bonds is 4. The Balaban J connectivity index is 1.86. The van der Waals surface area contributed by atoms with Crippen LogP contribution in [0.5, 0.6) is 0 Å². The second-order valence-corrected chi connectivity index (χ2v) is 7.70. The predicted molar refractivity (Wildman–Crippen MR) is 94.8 cm³/mol. The molecule has 2 aromatic carbocycles. The summed E-state index contributed by atoms with van der Waals surface area (Å²) in [7, 11) is -3.67. The van der Waals surface area contributed by atoms with Gasteiger partial charge in [0.1, 0.15) is 0 Å². The van der Waals surface area contributed by atoms with Crippen molar-refractivity contribution in [2.45, 2.75) is 31.6 Å². The molecule has 0 spiro atoms. The molecule has 3 rings (SSSR count). The van der Waals surface area contributed by atoms with E-state index < -0.39 is 10.0 Å². The molecule has 1 fully saturated rings. The number of anilines is 2. The van der Waals surface area contributed by atoms with E-state index in [0.29, 0.717) is 18.7 Å². The molecule has 0 bridgehead atoms. The molecular formula is C18H20N2O3S. The molecule has 1 aliphatic rings. The Morgan fingerprint density at radius 1 is 1.00 bits per heavy atom. The van der Waals surface area contributed by atoms with Crippen molar-refractivity contribution >= 4 is 27.3 Å². The molecule has 2 aromatic rings. The number of aryl methyl sites for hydroxylation is 2. The number of amides is 1. The highest BCUT2D eigenvalue weighted by Crippen LogP contribution is 2.26. The molecule has 0 atom stereocenters. The summed E-state index contributed by atoms with van der Waals surface area (Å²) in [6.45, 7) is 4.42. The van der Waals surface area contributed by atoms with Crippen LogP contribution in [0.25, 0.3) is 0 Å². The number of carbonyl (C=O) groups is 1. The molecule has 6 heteroatoms. The highest BCUT2D eigenvalue weighted by molar-refractivity contribution is 7.92. The number of para-hydroxylation sites is 1. The molecule has 0 aliphatic carbocycles. The Hall–Kier alpha value is -2.34. The van der Waals surface area contributed by atoms with Crippen LogP contribution in [0, 0.1) is 13.8 Å². The fraction of sp³-hybridized carbons (Fsp3) is 0.278. The van der Waals surface area contributed by atoms with E-state index >= 15 is 0 Å². The van der Waals surface area contributed by atoms with E-state index in [1.54, 1.807) is 17.0 Å². The summed E-state index contributed by atoms with van der Waals surface area (Å²) >= 11 is 0. The third-order valence-electron chi connectivity index (χ3n) is 4.25. The number of carbonyl (C=O) groups excluding carboxylic acids is 1. The monoisotopic (exact) mass is 344 g/mol. The quantitative estimate of drug-likeness (QED) is 0.926. The average Bonchev–Trinajstić information content (AvgIpc) is 2.97. The first kappa shape index (κ1) is 16.5. The fourth-order valence-corrected chi connectivity index (χ4v) is 4.10. The molecule has 0 saturated carbocycles. The van der Waals surface area contributed by atoms with E-state index in [1.807, 2.05) is 32.0 Å². The standard InChI is InChI=1S/C18H20N2O3S/c1-13-5-3-6-14(2)18(13)19-24(22,23)16-10-8-15(9-11-16)20-12-4-7-17(20)21/h3,5-6,8-11,19H,4,7,12H2,1-2H3. The number of benzene rings is 2. The van der Waals surface area contributed by atoms with Crippen LogP contribution < -0.4 is 9.62 Å². The van der Waals surface area contributed by atoms with Crippen LogP contribution >= 0.6 is 0 Å². The normalized spacial score (nSPS) is 14.9. The zero-order valence-electron chi connectivity index (χ0n) is 13.7. The maximum Gasteiger partial charge on any atom is 0.261 e. The summed E-state index contributed by atoms with van der Waals surface area (Å²) in [5.41, 5.74) is 3.09. The van der Waals surface area contributed by atoms with E-state index in [9.17, 15) is 13.2 Å². The van der Waals surface area contributed by atoms with Crippen LogP contribution in [-0.4, -0.2) is 20.9 Å². The summed E-state index contributed by atoms with van der Waals surface area (Å²) in [6.07, 6.45) is 1.39. The second kappa shape index (κ2) is 6.28. The summed E-state index contributed by atoms with van der Waals surface area (Å²) in [5.74, 6) is 0.0827. The molecule has 24 heavy (non-hydrogen) atoms. The van der Waals surface area contributed by atoms with Gasteiger partial charge in [-0.2, -0.15) is 0 Å². The Labute approximate surface area is 142 Å². The van der Waals surface area contributed by atoms with Crippen LogP contribution in [0.2, 0.25) is 0 Å². The number of hydrogen-bond donors (Lipinski definition) is 1. The van der Waals surface area contributed by atoms with Gasteiger partial charge in [-0.1, -0.05) is 18.2 Å². The second-order valence-electron chi connectivity index (χ2n) is 6.02. The Kier molecular flexibility index (Phi) is 4.32. The first-order chi connectivity index (χ1) is 11.4. The van der Waals surface area contributed by atoms with Crippen molar-refractivity contribution in [3.05, 3.63) is 53.6 Å². The summed E-state index contributed by atoms with van der Waals surface area (Å²) in [5, 5.41) is 0. The van der Waals surface area contributed by atoms with Gasteiger partial charge < -0.3 is 4.90 Å². The summed E-state index contributed by atoms with van der Waals surface area (Å²) < 4.78 is 27.9. The van der Waals surface area contributed by atoms with Gasteiger partial charge >= 0.3 is 0 Å². The lowest BCUT2D eigenvalue weighted by Crippen LogP contribution is -2.23. The number of nitrogens with one attached hydrogen (secondary N) is 1. The van der Waals surface area contributed by atoms with E-state index in [1.165, 1.54) is 12.1 Å². The SMILES string of the molecule is Cc1cccc(C)c1NS(=O)(=O)c1ccc(N2CCCC2=O)cc1. The van der Waals surface area contributed by atoms with E-state index in [0.717, 1.165) is 23.2 Å². The fourth-order valence-electron chi connectivity index (χ4n) is 2.90. The predicted octanol–water partition coefficient (Wildman–Crippen LogP) is 3.23. The number of hydrogen-bond acceptors (Lipinski definition) is 3. The Bertz CT molecular complexity index is 853. The van der Waals surface area contributed by atoms with Gasteiger partial charge in [-0.15, -0.1) is 0 Å². The third kappa shape index (κ3) is 3.14. The maximum atomic E-state index is 12.6. The minimum atomic E-state index is -3.67. The molecule has 0 aromatic heterocycles.